The van der Waals surface area contributed by atoms with Crippen LogP contribution < -0.4 is 16.0 Å². The van der Waals surface area contributed by atoms with Gasteiger partial charge in [-0.3, -0.25) is 4.79 Å². The number of aromatic nitrogens is 2. The van der Waals surface area contributed by atoms with Crippen molar-refractivity contribution in [1.29, 1.82) is 0 Å². The highest BCUT2D eigenvalue weighted by atomic mass is 16.1. The standard InChI is InChI=1S/C10H17N5O/c1-7(10(16)12-2)6-15(3)9-5-13-8(11)4-14-9/h4-5,7H,6H2,1-3H3,(H2,11,13)(H,12,16). The number of nitrogen functional groups attached to an aromatic ring is 1. The van der Waals surface area contributed by atoms with Gasteiger partial charge in [-0.15, -0.1) is 0 Å². The van der Waals surface area contributed by atoms with Gasteiger partial charge in [0.2, 0.25) is 5.91 Å². The first-order valence-corrected chi connectivity index (χ1v) is 5.05. The summed E-state index contributed by atoms with van der Waals surface area (Å²) < 4.78 is 0. The number of hydrogen-bond acceptors (Lipinski definition) is 5. The molecule has 88 valence electrons. The second-order valence-electron chi connectivity index (χ2n) is 3.70. The first-order valence-electron chi connectivity index (χ1n) is 5.05. The minimum atomic E-state index is -0.102. The summed E-state index contributed by atoms with van der Waals surface area (Å²) in [4.78, 5) is 21.3. The Morgan fingerprint density at radius 3 is 2.75 bits per heavy atom. The Bertz CT molecular complexity index is 351. The molecule has 6 nitrogen and oxygen atoms in total. The van der Waals surface area contributed by atoms with Gasteiger partial charge in [0, 0.05) is 20.6 Å². The van der Waals surface area contributed by atoms with Gasteiger partial charge < -0.3 is 16.0 Å². The van der Waals surface area contributed by atoms with Crippen LogP contribution in [0.1, 0.15) is 6.92 Å². The van der Waals surface area contributed by atoms with Crippen LogP contribution in [0.3, 0.4) is 0 Å². The van der Waals surface area contributed by atoms with Crippen LogP contribution in [-0.2, 0) is 4.79 Å². The zero-order chi connectivity index (χ0) is 12.1. The molecule has 16 heavy (non-hydrogen) atoms. The Kier molecular flexibility index (Phi) is 4.04. The lowest BCUT2D eigenvalue weighted by molar-refractivity contribution is -0.123. The number of hydrogen-bond donors (Lipinski definition) is 2. The summed E-state index contributed by atoms with van der Waals surface area (Å²) in [5.74, 6) is 0.992. The van der Waals surface area contributed by atoms with E-state index in [1.807, 2.05) is 18.9 Å². The van der Waals surface area contributed by atoms with Crippen LogP contribution in [0.5, 0.6) is 0 Å². The second kappa shape index (κ2) is 5.29. The molecular weight excluding hydrogens is 206 g/mol. The first-order chi connectivity index (χ1) is 7.54. The summed E-state index contributed by atoms with van der Waals surface area (Å²) in [6.45, 7) is 2.44. The predicted molar refractivity (Wildman–Crippen MR) is 62.9 cm³/mol. The van der Waals surface area contributed by atoms with Crippen molar-refractivity contribution in [3.8, 4) is 0 Å². The molecule has 1 aromatic heterocycles. The van der Waals surface area contributed by atoms with Gasteiger partial charge in [-0.2, -0.15) is 0 Å². The van der Waals surface area contributed by atoms with Crippen molar-refractivity contribution in [2.24, 2.45) is 5.92 Å². The fourth-order valence-corrected chi connectivity index (χ4v) is 1.36. The third kappa shape index (κ3) is 3.08. The van der Waals surface area contributed by atoms with Crippen molar-refractivity contribution in [1.82, 2.24) is 15.3 Å². The van der Waals surface area contributed by atoms with Crippen LogP contribution >= 0.6 is 0 Å². The third-order valence-electron chi connectivity index (χ3n) is 2.29. The number of nitrogens with one attached hydrogen (secondary N) is 1. The van der Waals surface area contributed by atoms with Crippen LogP contribution in [-0.4, -0.2) is 36.5 Å². The molecule has 0 aliphatic heterocycles. The van der Waals surface area contributed by atoms with E-state index in [1.54, 1.807) is 13.2 Å². The van der Waals surface area contributed by atoms with E-state index in [4.69, 9.17) is 5.73 Å². The van der Waals surface area contributed by atoms with Crippen molar-refractivity contribution >= 4 is 17.5 Å². The molecule has 0 radical (unpaired) electrons. The molecule has 0 spiro atoms. The lowest BCUT2D eigenvalue weighted by Gasteiger charge is -2.21. The molecular formula is C10H17N5O. The Labute approximate surface area is 94.9 Å². The summed E-state index contributed by atoms with van der Waals surface area (Å²) in [5.41, 5.74) is 5.44. The van der Waals surface area contributed by atoms with Crippen molar-refractivity contribution in [3.63, 3.8) is 0 Å². The maximum absolute atomic E-state index is 11.3. The van der Waals surface area contributed by atoms with Crippen LogP contribution in [0.25, 0.3) is 0 Å². The van der Waals surface area contributed by atoms with Crippen LogP contribution in [0.2, 0.25) is 0 Å². The van der Waals surface area contributed by atoms with Crippen LogP contribution in [0.4, 0.5) is 11.6 Å². The number of carbonyl (C=O) groups is 1. The Balaban J connectivity index is 2.61. The van der Waals surface area contributed by atoms with Crippen LogP contribution in [0, 0.1) is 5.92 Å². The Hall–Kier alpha value is -1.85. The topological polar surface area (TPSA) is 84.1 Å². The van der Waals surface area contributed by atoms with Crippen molar-refractivity contribution < 1.29 is 4.79 Å². The Morgan fingerprint density at radius 2 is 2.25 bits per heavy atom. The van der Waals surface area contributed by atoms with Gasteiger partial charge in [0.15, 0.2) is 0 Å². The van der Waals surface area contributed by atoms with Crippen molar-refractivity contribution in [2.45, 2.75) is 6.92 Å². The number of anilines is 2. The zero-order valence-electron chi connectivity index (χ0n) is 9.77. The van der Waals surface area contributed by atoms with Gasteiger partial charge in [0.05, 0.1) is 18.3 Å². The van der Waals surface area contributed by atoms with Crippen molar-refractivity contribution in [3.05, 3.63) is 12.4 Å². The first kappa shape index (κ1) is 12.2. The maximum atomic E-state index is 11.3. The number of rotatable bonds is 4. The predicted octanol–water partition coefficient (Wildman–Crippen LogP) is -0.123. The summed E-state index contributed by atoms with van der Waals surface area (Å²) in [7, 11) is 3.49. The smallest absolute Gasteiger partial charge is 0.224 e. The highest BCUT2D eigenvalue weighted by Gasteiger charge is 2.14. The molecule has 1 heterocycles. The van der Waals surface area contributed by atoms with E-state index in [2.05, 4.69) is 15.3 Å². The molecule has 3 N–H and O–H groups in total. The molecule has 1 aromatic rings. The van der Waals surface area contributed by atoms with E-state index in [-0.39, 0.29) is 11.8 Å². The molecule has 6 heteroatoms. The van der Waals surface area contributed by atoms with Gasteiger partial charge in [-0.1, -0.05) is 6.92 Å². The summed E-state index contributed by atoms with van der Waals surface area (Å²) in [5, 5.41) is 2.61. The Morgan fingerprint density at radius 1 is 1.56 bits per heavy atom. The molecule has 0 aromatic carbocycles. The minimum absolute atomic E-state index is 0.00949. The minimum Gasteiger partial charge on any atom is -0.382 e. The molecule has 0 fully saturated rings. The average molecular weight is 223 g/mol. The van der Waals surface area contributed by atoms with E-state index in [9.17, 15) is 4.79 Å². The fraction of sp³-hybridized carbons (Fsp3) is 0.500. The summed E-state index contributed by atoms with van der Waals surface area (Å²) in [6.07, 6.45) is 3.09. The highest BCUT2D eigenvalue weighted by Crippen LogP contribution is 2.09. The summed E-state index contributed by atoms with van der Waals surface area (Å²) >= 11 is 0. The van der Waals surface area contributed by atoms with E-state index in [0.29, 0.717) is 18.2 Å². The van der Waals surface area contributed by atoms with E-state index in [0.717, 1.165) is 0 Å². The lowest BCUT2D eigenvalue weighted by Crippen LogP contribution is -2.34. The number of nitrogens with two attached hydrogens (primary N) is 1. The number of carbonyl (C=O) groups excluding carboxylic acids is 1. The molecule has 0 saturated carbocycles. The van der Waals surface area contributed by atoms with E-state index < -0.39 is 0 Å². The molecule has 0 saturated heterocycles. The van der Waals surface area contributed by atoms with E-state index in [1.165, 1.54) is 6.20 Å². The maximum Gasteiger partial charge on any atom is 0.224 e. The SMILES string of the molecule is CNC(=O)C(C)CN(C)c1cnc(N)cn1. The molecule has 1 rings (SSSR count). The zero-order valence-corrected chi connectivity index (χ0v) is 9.77. The molecule has 1 unspecified atom stereocenters. The average Bonchev–Trinajstić information content (AvgIpc) is 2.28. The van der Waals surface area contributed by atoms with Gasteiger partial charge in [-0.25, -0.2) is 9.97 Å². The van der Waals surface area contributed by atoms with Crippen molar-refractivity contribution in [2.75, 3.05) is 31.3 Å². The molecule has 0 bridgehead atoms. The molecule has 0 aliphatic carbocycles. The van der Waals surface area contributed by atoms with E-state index >= 15 is 0 Å². The number of nitrogens with zero attached hydrogens (tertiary/aromatic N) is 3. The normalized spacial score (nSPS) is 11.9. The molecule has 0 aliphatic rings. The van der Waals surface area contributed by atoms with Gasteiger partial charge in [0.25, 0.3) is 0 Å². The quantitative estimate of drug-likeness (QED) is 0.743. The van der Waals surface area contributed by atoms with Gasteiger partial charge in [0.1, 0.15) is 11.6 Å². The largest absolute Gasteiger partial charge is 0.382 e. The fourth-order valence-electron chi connectivity index (χ4n) is 1.36. The molecule has 1 atom stereocenters. The van der Waals surface area contributed by atoms with Crippen LogP contribution in [0.15, 0.2) is 12.4 Å². The second-order valence-corrected chi connectivity index (χ2v) is 3.70. The molecule has 1 amide bonds. The van der Waals surface area contributed by atoms with Gasteiger partial charge >= 0.3 is 0 Å². The van der Waals surface area contributed by atoms with Gasteiger partial charge in [-0.05, 0) is 0 Å². The number of amides is 1. The lowest BCUT2D eigenvalue weighted by atomic mass is 10.1. The third-order valence-corrected chi connectivity index (χ3v) is 2.29. The highest BCUT2D eigenvalue weighted by molar-refractivity contribution is 5.78. The summed E-state index contributed by atoms with van der Waals surface area (Å²) in [6, 6.07) is 0. The monoisotopic (exact) mass is 223 g/mol.